The predicted molar refractivity (Wildman–Crippen MR) is 83.8 cm³/mol. The fourth-order valence-electron chi connectivity index (χ4n) is 2.86. The molecule has 0 amide bonds. The highest BCUT2D eigenvalue weighted by Crippen LogP contribution is 2.27. The number of nitrogens with one attached hydrogen (secondary N) is 1. The Balaban J connectivity index is 2.13. The molecule has 1 aromatic rings. The van der Waals surface area contributed by atoms with Crippen LogP contribution in [0.2, 0.25) is 0 Å². The van der Waals surface area contributed by atoms with Gasteiger partial charge in [0, 0.05) is 31.2 Å². The molecule has 1 heterocycles. The Morgan fingerprint density at radius 1 is 1.35 bits per heavy atom. The molecule has 2 unspecified atom stereocenters. The third-order valence-corrected chi connectivity index (χ3v) is 4.80. The van der Waals surface area contributed by atoms with Gasteiger partial charge in [-0.1, -0.05) is 32.9 Å². The molecule has 0 aromatic heterocycles. The van der Waals surface area contributed by atoms with E-state index in [1.165, 1.54) is 5.56 Å². The highest BCUT2D eigenvalue weighted by molar-refractivity contribution is 5.26. The SMILES string of the molecule is CCC1(C)CNC(C(C)C)CN1Cc1ccc(O)cc1. The number of aromatic hydroxyl groups is 1. The van der Waals surface area contributed by atoms with Crippen LogP contribution in [0, 0.1) is 5.92 Å². The van der Waals surface area contributed by atoms with E-state index in [1.54, 1.807) is 12.1 Å². The summed E-state index contributed by atoms with van der Waals surface area (Å²) in [5.74, 6) is 0.992. The van der Waals surface area contributed by atoms with Crippen molar-refractivity contribution in [2.24, 2.45) is 5.92 Å². The molecule has 0 aliphatic carbocycles. The third-order valence-electron chi connectivity index (χ3n) is 4.80. The zero-order chi connectivity index (χ0) is 14.8. The molecule has 0 bridgehead atoms. The van der Waals surface area contributed by atoms with Crippen molar-refractivity contribution in [1.29, 1.82) is 0 Å². The molecule has 20 heavy (non-hydrogen) atoms. The largest absolute Gasteiger partial charge is 0.508 e. The number of piperazine rings is 1. The molecule has 1 aromatic carbocycles. The predicted octanol–water partition coefficient (Wildman–Crippen LogP) is 2.99. The second-order valence-corrected chi connectivity index (χ2v) is 6.63. The summed E-state index contributed by atoms with van der Waals surface area (Å²) in [4.78, 5) is 2.60. The maximum Gasteiger partial charge on any atom is 0.115 e. The molecule has 1 aliphatic rings. The van der Waals surface area contributed by atoms with Crippen LogP contribution in [-0.4, -0.2) is 34.7 Å². The van der Waals surface area contributed by atoms with E-state index in [2.05, 4.69) is 37.9 Å². The van der Waals surface area contributed by atoms with Crippen LogP contribution in [0.3, 0.4) is 0 Å². The number of benzene rings is 1. The first-order valence-corrected chi connectivity index (χ1v) is 7.71. The second kappa shape index (κ2) is 6.15. The molecule has 3 nitrogen and oxygen atoms in total. The molecule has 2 rings (SSSR count). The lowest BCUT2D eigenvalue weighted by atomic mass is 9.89. The summed E-state index contributed by atoms with van der Waals surface area (Å²) in [5.41, 5.74) is 1.48. The highest BCUT2D eigenvalue weighted by atomic mass is 16.3. The molecule has 0 saturated carbocycles. The molecule has 1 aliphatic heterocycles. The second-order valence-electron chi connectivity index (χ2n) is 6.63. The van der Waals surface area contributed by atoms with Crippen LogP contribution in [0.5, 0.6) is 5.75 Å². The lowest BCUT2D eigenvalue weighted by molar-refractivity contribution is 0.0316. The lowest BCUT2D eigenvalue weighted by Gasteiger charge is -2.49. The van der Waals surface area contributed by atoms with Crippen LogP contribution < -0.4 is 5.32 Å². The van der Waals surface area contributed by atoms with Crippen molar-refractivity contribution < 1.29 is 5.11 Å². The minimum atomic E-state index is 0.212. The van der Waals surface area contributed by atoms with E-state index in [0.717, 1.165) is 26.1 Å². The van der Waals surface area contributed by atoms with Crippen LogP contribution in [0.1, 0.15) is 39.7 Å². The molecule has 2 N–H and O–H groups in total. The Labute approximate surface area is 123 Å². The van der Waals surface area contributed by atoms with Gasteiger partial charge in [0.15, 0.2) is 0 Å². The number of hydrogen-bond donors (Lipinski definition) is 2. The summed E-state index contributed by atoms with van der Waals surface area (Å²) < 4.78 is 0. The summed E-state index contributed by atoms with van der Waals surface area (Å²) in [6.07, 6.45) is 1.14. The van der Waals surface area contributed by atoms with Gasteiger partial charge in [-0.05, 0) is 37.0 Å². The number of phenols is 1. The molecular weight excluding hydrogens is 248 g/mol. The number of hydrogen-bond acceptors (Lipinski definition) is 3. The van der Waals surface area contributed by atoms with Crippen molar-refractivity contribution in [3.8, 4) is 5.75 Å². The van der Waals surface area contributed by atoms with E-state index in [4.69, 9.17) is 0 Å². The average molecular weight is 276 g/mol. The van der Waals surface area contributed by atoms with Crippen LogP contribution in [0.15, 0.2) is 24.3 Å². The molecule has 112 valence electrons. The van der Waals surface area contributed by atoms with E-state index < -0.39 is 0 Å². The van der Waals surface area contributed by atoms with E-state index in [0.29, 0.717) is 17.7 Å². The smallest absolute Gasteiger partial charge is 0.115 e. The summed E-state index contributed by atoms with van der Waals surface area (Å²) in [6, 6.07) is 8.17. The van der Waals surface area contributed by atoms with Gasteiger partial charge in [0.05, 0.1) is 0 Å². The number of rotatable bonds is 4. The molecule has 2 atom stereocenters. The number of phenolic OH excluding ortho intramolecular Hbond substituents is 1. The topological polar surface area (TPSA) is 35.5 Å². The van der Waals surface area contributed by atoms with Crippen molar-refractivity contribution in [3.63, 3.8) is 0 Å². The average Bonchev–Trinajstić information content (AvgIpc) is 2.43. The van der Waals surface area contributed by atoms with Gasteiger partial charge < -0.3 is 10.4 Å². The lowest BCUT2D eigenvalue weighted by Crippen LogP contribution is -2.63. The van der Waals surface area contributed by atoms with Gasteiger partial charge in [0.1, 0.15) is 5.75 Å². The van der Waals surface area contributed by atoms with Gasteiger partial charge >= 0.3 is 0 Å². The quantitative estimate of drug-likeness (QED) is 0.887. The van der Waals surface area contributed by atoms with Crippen LogP contribution in [0.25, 0.3) is 0 Å². The van der Waals surface area contributed by atoms with Crippen LogP contribution in [-0.2, 0) is 6.54 Å². The van der Waals surface area contributed by atoms with Gasteiger partial charge in [-0.15, -0.1) is 0 Å². The Bertz CT molecular complexity index is 429. The Hall–Kier alpha value is -1.06. The third kappa shape index (κ3) is 3.33. The molecule has 0 radical (unpaired) electrons. The number of nitrogens with zero attached hydrogens (tertiary/aromatic N) is 1. The van der Waals surface area contributed by atoms with Gasteiger partial charge in [0.2, 0.25) is 0 Å². The molecule has 3 heteroatoms. The fourth-order valence-corrected chi connectivity index (χ4v) is 2.86. The van der Waals surface area contributed by atoms with Crippen molar-refractivity contribution in [2.45, 2.75) is 52.2 Å². The van der Waals surface area contributed by atoms with Gasteiger partial charge in [-0.3, -0.25) is 4.90 Å². The van der Waals surface area contributed by atoms with Gasteiger partial charge in [-0.25, -0.2) is 0 Å². The van der Waals surface area contributed by atoms with Crippen LogP contribution in [0.4, 0.5) is 0 Å². The van der Waals surface area contributed by atoms with Crippen molar-refractivity contribution in [2.75, 3.05) is 13.1 Å². The van der Waals surface area contributed by atoms with E-state index in [-0.39, 0.29) is 5.54 Å². The summed E-state index contributed by atoms with van der Waals surface area (Å²) in [5, 5.41) is 13.1. The standard InChI is InChI=1S/C17H28N2O/c1-5-17(4)12-18-16(13(2)3)11-19(17)10-14-6-8-15(20)9-7-14/h6-9,13,16,18,20H,5,10-12H2,1-4H3. The van der Waals surface area contributed by atoms with Gasteiger partial charge in [-0.2, -0.15) is 0 Å². The van der Waals surface area contributed by atoms with Gasteiger partial charge in [0.25, 0.3) is 0 Å². The molecular formula is C17H28N2O. The summed E-state index contributed by atoms with van der Waals surface area (Å²) >= 11 is 0. The minimum absolute atomic E-state index is 0.212. The molecule has 1 saturated heterocycles. The first-order valence-electron chi connectivity index (χ1n) is 7.71. The van der Waals surface area contributed by atoms with Crippen LogP contribution >= 0.6 is 0 Å². The molecule has 1 fully saturated rings. The summed E-state index contributed by atoms with van der Waals surface area (Å²) in [7, 11) is 0. The maximum absolute atomic E-state index is 9.40. The van der Waals surface area contributed by atoms with Crippen molar-refractivity contribution >= 4 is 0 Å². The van der Waals surface area contributed by atoms with E-state index in [9.17, 15) is 5.11 Å². The normalized spacial score (nSPS) is 27.9. The zero-order valence-electron chi connectivity index (χ0n) is 13.2. The maximum atomic E-state index is 9.40. The van der Waals surface area contributed by atoms with Crippen molar-refractivity contribution in [3.05, 3.63) is 29.8 Å². The summed E-state index contributed by atoms with van der Waals surface area (Å²) in [6.45, 7) is 12.3. The fraction of sp³-hybridized carbons (Fsp3) is 0.647. The highest BCUT2D eigenvalue weighted by Gasteiger charge is 2.36. The van der Waals surface area contributed by atoms with E-state index >= 15 is 0 Å². The monoisotopic (exact) mass is 276 g/mol. The first-order chi connectivity index (χ1) is 9.44. The minimum Gasteiger partial charge on any atom is -0.508 e. The zero-order valence-corrected chi connectivity index (χ0v) is 13.2. The Morgan fingerprint density at radius 3 is 2.55 bits per heavy atom. The van der Waals surface area contributed by atoms with E-state index in [1.807, 2.05) is 12.1 Å². The van der Waals surface area contributed by atoms with Crippen molar-refractivity contribution in [1.82, 2.24) is 10.2 Å². The first kappa shape index (κ1) is 15.3. The Kier molecular flexibility index (Phi) is 4.71. The Morgan fingerprint density at radius 2 is 2.00 bits per heavy atom. The molecule has 0 spiro atoms.